The average molecular weight is 187 g/mol. The lowest BCUT2D eigenvalue weighted by molar-refractivity contribution is -0.116. The number of aryl methyl sites for hydroxylation is 1. The summed E-state index contributed by atoms with van der Waals surface area (Å²) in [6.07, 6.45) is 5.93. The lowest BCUT2D eigenvalue weighted by Gasteiger charge is -2.04. The first-order chi connectivity index (χ1) is 6.72. The maximum atomic E-state index is 11.3. The highest BCUT2D eigenvalue weighted by Crippen LogP contribution is 2.09. The molecule has 0 aromatic heterocycles. The zero-order valence-electron chi connectivity index (χ0n) is 8.21. The molecule has 1 aromatic rings. The van der Waals surface area contributed by atoms with Gasteiger partial charge in [0.25, 0.3) is 0 Å². The second-order valence-electron chi connectivity index (χ2n) is 3.12. The number of anilines is 1. The molecule has 0 heterocycles. The first kappa shape index (κ1) is 10.3. The minimum absolute atomic E-state index is 0.0337. The second-order valence-corrected chi connectivity index (χ2v) is 3.12. The van der Waals surface area contributed by atoms with E-state index in [0.717, 1.165) is 11.3 Å². The molecule has 2 nitrogen and oxygen atoms in total. The first-order valence-electron chi connectivity index (χ1n) is 4.52. The van der Waals surface area contributed by atoms with E-state index >= 15 is 0 Å². The maximum Gasteiger partial charge on any atom is 0.225 e. The molecule has 0 aliphatic heterocycles. The highest BCUT2D eigenvalue weighted by atomic mass is 16.1. The van der Waals surface area contributed by atoms with Crippen LogP contribution in [0.2, 0.25) is 0 Å². The molecule has 1 aromatic carbocycles. The normalized spacial score (nSPS) is 9.14. The van der Waals surface area contributed by atoms with Crippen LogP contribution in [-0.4, -0.2) is 5.91 Å². The number of carbonyl (C=O) groups excluding carboxylic acids is 1. The Balaban J connectivity index is 2.53. The van der Waals surface area contributed by atoms with Crippen molar-refractivity contribution in [3.63, 3.8) is 0 Å². The fraction of sp³-hybridized carbons (Fsp3) is 0.250. The van der Waals surface area contributed by atoms with Gasteiger partial charge in [-0.3, -0.25) is 4.79 Å². The van der Waals surface area contributed by atoms with Gasteiger partial charge in [-0.05, 0) is 24.6 Å². The quantitative estimate of drug-likeness (QED) is 0.723. The molecular weight excluding hydrogens is 174 g/mol. The summed E-state index contributed by atoms with van der Waals surface area (Å²) in [5.41, 5.74) is 1.95. The van der Waals surface area contributed by atoms with E-state index in [-0.39, 0.29) is 5.91 Å². The summed E-state index contributed by atoms with van der Waals surface area (Å²) < 4.78 is 0. The molecule has 0 radical (unpaired) electrons. The zero-order chi connectivity index (χ0) is 10.4. The number of terminal acetylenes is 1. The third-order valence-electron chi connectivity index (χ3n) is 1.80. The van der Waals surface area contributed by atoms with Crippen LogP contribution in [-0.2, 0) is 4.79 Å². The summed E-state index contributed by atoms with van der Waals surface area (Å²) in [6.45, 7) is 1.98. The van der Waals surface area contributed by atoms with Crippen molar-refractivity contribution in [3.05, 3.63) is 29.8 Å². The van der Waals surface area contributed by atoms with Gasteiger partial charge in [0.05, 0.1) is 0 Å². The smallest absolute Gasteiger partial charge is 0.225 e. The summed E-state index contributed by atoms with van der Waals surface area (Å²) >= 11 is 0. The fourth-order valence-electron chi connectivity index (χ4n) is 1.13. The number of hydrogen-bond donors (Lipinski definition) is 1. The molecule has 1 N–H and O–H groups in total. The highest BCUT2D eigenvalue weighted by molar-refractivity contribution is 5.90. The molecule has 0 bridgehead atoms. The Morgan fingerprint density at radius 2 is 2.36 bits per heavy atom. The van der Waals surface area contributed by atoms with Crippen LogP contribution in [0.15, 0.2) is 24.3 Å². The van der Waals surface area contributed by atoms with Gasteiger partial charge in [0.2, 0.25) is 5.91 Å². The van der Waals surface area contributed by atoms with E-state index in [0.29, 0.717) is 12.8 Å². The molecule has 72 valence electrons. The fourth-order valence-corrected chi connectivity index (χ4v) is 1.13. The van der Waals surface area contributed by atoms with Gasteiger partial charge in [-0.25, -0.2) is 0 Å². The molecule has 0 fully saturated rings. The molecule has 0 atom stereocenters. The van der Waals surface area contributed by atoms with E-state index in [4.69, 9.17) is 6.42 Å². The summed E-state index contributed by atoms with van der Waals surface area (Å²) in [6, 6.07) is 7.68. The standard InChI is InChI=1S/C12H13NO/c1-3-4-8-12(14)13-11-7-5-6-10(2)9-11/h1,5-7,9H,4,8H2,2H3,(H,13,14). The van der Waals surface area contributed by atoms with Crippen LogP contribution in [0, 0.1) is 19.3 Å². The molecule has 2 heteroatoms. The lowest BCUT2D eigenvalue weighted by atomic mass is 10.2. The number of nitrogens with one attached hydrogen (secondary N) is 1. The van der Waals surface area contributed by atoms with Crippen molar-refractivity contribution in [1.82, 2.24) is 0 Å². The molecule has 0 aliphatic rings. The van der Waals surface area contributed by atoms with Gasteiger partial charge in [0.1, 0.15) is 0 Å². The third kappa shape index (κ3) is 3.32. The summed E-state index contributed by atoms with van der Waals surface area (Å²) in [5, 5.41) is 2.78. The summed E-state index contributed by atoms with van der Waals surface area (Å²) in [7, 11) is 0. The Kier molecular flexibility index (Phi) is 3.75. The van der Waals surface area contributed by atoms with Crippen LogP contribution in [0.1, 0.15) is 18.4 Å². The van der Waals surface area contributed by atoms with Gasteiger partial charge >= 0.3 is 0 Å². The van der Waals surface area contributed by atoms with Crippen molar-refractivity contribution in [2.24, 2.45) is 0 Å². The Hall–Kier alpha value is -1.75. The van der Waals surface area contributed by atoms with Gasteiger partial charge in [0.15, 0.2) is 0 Å². The Morgan fingerprint density at radius 1 is 1.57 bits per heavy atom. The number of rotatable bonds is 3. The first-order valence-corrected chi connectivity index (χ1v) is 4.52. The summed E-state index contributed by atoms with van der Waals surface area (Å²) in [5.74, 6) is 2.40. The van der Waals surface area contributed by atoms with Crippen molar-refractivity contribution in [3.8, 4) is 12.3 Å². The minimum Gasteiger partial charge on any atom is -0.326 e. The predicted molar refractivity (Wildman–Crippen MR) is 57.9 cm³/mol. The highest BCUT2D eigenvalue weighted by Gasteiger charge is 2.00. The van der Waals surface area contributed by atoms with E-state index in [9.17, 15) is 4.79 Å². The van der Waals surface area contributed by atoms with E-state index < -0.39 is 0 Å². The minimum atomic E-state index is -0.0337. The number of hydrogen-bond acceptors (Lipinski definition) is 1. The Bertz CT molecular complexity index is 363. The Labute approximate surface area is 84.3 Å². The second kappa shape index (κ2) is 5.08. The van der Waals surface area contributed by atoms with Crippen LogP contribution in [0.4, 0.5) is 5.69 Å². The zero-order valence-corrected chi connectivity index (χ0v) is 8.21. The van der Waals surface area contributed by atoms with Crippen molar-refractivity contribution in [1.29, 1.82) is 0 Å². The average Bonchev–Trinajstić information content (AvgIpc) is 2.15. The largest absolute Gasteiger partial charge is 0.326 e. The molecule has 0 saturated carbocycles. The maximum absolute atomic E-state index is 11.3. The van der Waals surface area contributed by atoms with E-state index in [1.165, 1.54) is 0 Å². The van der Waals surface area contributed by atoms with Gasteiger partial charge in [-0.2, -0.15) is 0 Å². The van der Waals surface area contributed by atoms with E-state index in [1.807, 2.05) is 31.2 Å². The number of carbonyl (C=O) groups is 1. The van der Waals surface area contributed by atoms with E-state index in [2.05, 4.69) is 11.2 Å². The molecule has 0 unspecified atom stereocenters. The van der Waals surface area contributed by atoms with Crippen molar-refractivity contribution >= 4 is 11.6 Å². The van der Waals surface area contributed by atoms with Crippen LogP contribution >= 0.6 is 0 Å². The van der Waals surface area contributed by atoms with Crippen molar-refractivity contribution < 1.29 is 4.79 Å². The topological polar surface area (TPSA) is 29.1 Å². The molecule has 14 heavy (non-hydrogen) atoms. The Morgan fingerprint density at radius 3 is 3.00 bits per heavy atom. The van der Waals surface area contributed by atoms with Gasteiger partial charge in [0, 0.05) is 18.5 Å². The predicted octanol–water partition coefficient (Wildman–Crippen LogP) is 2.35. The molecule has 1 rings (SSSR count). The number of benzene rings is 1. The van der Waals surface area contributed by atoms with Crippen LogP contribution in [0.3, 0.4) is 0 Å². The van der Waals surface area contributed by atoms with E-state index in [1.54, 1.807) is 0 Å². The SMILES string of the molecule is C#CCCC(=O)Nc1cccc(C)c1. The third-order valence-corrected chi connectivity index (χ3v) is 1.80. The molecule has 0 aliphatic carbocycles. The van der Waals surface area contributed by atoms with Gasteiger partial charge < -0.3 is 5.32 Å². The summed E-state index contributed by atoms with van der Waals surface area (Å²) in [4.78, 5) is 11.3. The monoisotopic (exact) mass is 187 g/mol. The van der Waals surface area contributed by atoms with Crippen molar-refractivity contribution in [2.75, 3.05) is 5.32 Å². The molecule has 0 saturated heterocycles. The van der Waals surface area contributed by atoms with Crippen LogP contribution in [0.25, 0.3) is 0 Å². The van der Waals surface area contributed by atoms with Crippen LogP contribution < -0.4 is 5.32 Å². The van der Waals surface area contributed by atoms with Crippen molar-refractivity contribution in [2.45, 2.75) is 19.8 Å². The van der Waals surface area contributed by atoms with Crippen LogP contribution in [0.5, 0.6) is 0 Å². The number of amides is 1. The van der Waals surface area contributed by atoms with Gasteiger partial charge in [-0.15, -0.1) is 12.3 Å². The van der Waals surface area contributed by atoms with Gasteiger partial charge in [-0.1, -0.05) is 12.1 Å². The molecular formula is C12H13NO. The molecule has 1 amide bonds. The molecule has 0 spiro atoms. The lowest BCUT2D eigenvalue weighted by Crippen LogP contribution is -2.10.